The number of nitrogens with zero attached hydrogens (tertiary/aromatic N) is 2. The molecular weight excluding hydrogens is 438 g/mol. The summed E-state index contributed by atoms with van der Waals surface area (Å²) in [5, 5.41) is 2.69. The van der Waals surface area contributed by atoms with Crippen LogP contribution in [0.15, 0.2) is 35.3 Å². The highest BCUT2D eigenvalue weighted by Crippen LogP contribution is 2.18. The SMILES string of the molecule is CC(C)(C)OC(=O)NCCCN(Cc1ccc(-c2c[nH]c(N)nc2=O)cc1)C(=O)OC(C)(C)C. The number of H-pyrrole nitrogens is 1. The zero-order valence-electron chi connectivity index (χ0n) is 20.7. The first-order valence-electron chi connectivity index (χ1n) is 11.1. The molecule has 0 aliphatic carbocycles. The smallest absolute Gasteiger partial charge is 0.410 e. The number of rotatable bonds is 7. The monoisotopic (exact) mass is 473 g/mol. The number of amides is 2. The predicted octanol–water partition coefficient (Wildman–Crippen LogP) is 3.67. The molecule has 0 unspecified atom stereocenters. The zero-order chi connectivity index (χ0) is 25.5. The van der Waals surface area contributed by atoms with Crippen molar-refractivity contribution in [3.05, 3.63) is 46.4 Å². The van der Waals surface area contributed by atoms with E-state index in [9.17, 15) is 14.4 Å². The van der Waals surface area contributed by atoms with Crippen molar-refractivity contribution < 1.29 is 19.1 Å². The lowest BCUT2D eigenvalue weighted by Crippen LogP contribution is -2.38. The maximum absolute atomic E-state index is 12.8. The Labute approximate surface area is 199 Å². The first-order chi connectivity index (χ1) is 15.7. The van der Waals surface area contributed by atoms with Crippen molar-refractivity contribution in [1.29, 1.82) is 0 Å². The van der Waals surface area contributed by atoms with E-state index < -0.39 is 28.9 Å². The fraction of sp³-hybridized carbons (Fsp3) is 0.500. The van der Waals surface area contributed by atoms with Gasteiger partial charge in [0.15, 0.2) is 0 Å². The van der Waals surface area contributed by atoms with E-state index >= 15 is 0 Å². The maximum Gasteiger partial charge on any atom is 0.410 e. The van der Waals surface area contributed by atoms with Gasteiger partial charge in [0.2, 0.25) is 5.95 Å². The molecular formula is C24H35N5O5. The van der Waals surface area contributed by atoms with Crippen LogP contribution in [0.3, 0.4) is 0 Å². The number of aromatic nitrogens is 2. The van der Waals surface area contributed by atoms with E-state index in [0.29, 0.717) is 37.2 Å². The lowest BCUT2D eigenvalue weighted by atomic mass is 10.1. The molecule has 0 radical (unpaired) electrons. The minimum atomic E-state index is -0.642. The molecule has 1 aromatic carbocycles. The molecule has 0 fully saturated rings. The van der Waals surface area contributed by atoms with E-state index in [1.807, 2.05) is 12.1 Å². The second-order valence-corrected chi connectivity index (χ2v) is 9.89. The molecule has 2 amide bonds. The first-order valence-corrected chi connectivity index (χ1v) is 11.1. The third-order valence-electron chi connectivity index (χ3n) is 4.38. The van der Waals surface area contributed by atoms with Crippen LogP contribution in [0.1, 0.15) is 53.5 Å². The highest BCUT2D eigenvalue weighted by atomic mass is 16.6. The molecule has 0 aliphatic rings. The fourth-order valence-electron chi connectivity index (χ4n) is 2.96. The number of carbonyl (C=O) groups is 2. The van der Waals surface area contributed by atoms with Gasteiger partial charge in [0.05, 0.1) is 5.56 Å². The molecule has 186 valence electrons. The van der Waals surface area contributed by atoms with Gasteiger partial charge in [-0.3, -0.25) is 4.79 Å². The van der Waals surface area contributed by atoms with Gasteiger partial charge in [0.1, 0.15) is 11.2 Å². The minimum Gasteiger partial charge on any atom is -0.444 e. The van der Waals surface area contributed by atoms with E-state index in [0.717, 1.165) is 5.56 Å². The highest BCUT2D eigenvalue weighted by Gasteiger charge is 2.22. The van der Waals surface area contributed by atoms with E-state index in [1.165, 1.54) is 6.20 Å². The van der Waals surface area contributed by atoms with Gasteiger partial charge in [-0.15, -0.1) is 0 Å². The van der Waals surface area contributed by atoms with Crippen LogP contribution in [-0.4, -0.2) is 51.3 Å². The molecule has 0 aliphatic heterocycles. The number of hydrogen-bond donors (Lipinski definition) is 3. The minimum absolute atomic E-state index is 0.0551. The van der Waals surface area contributed by atoms with Crippen LogP contribution in [0.5, 0.6) is 0 Å². The normalized spacial score (nSPS) is 11.6. The molecule has 34 heavy (non-hydrogen) atoms. The van der Waals surface area contributed by atoms with Gasteiger partial charge in [-0.1, -0.05) is 24.3 Å². The molecule has 4 N–H and O–H groups in total. The highest BCUT2D eigenvalue weighted by molar-refractivity contribution is 5.69. The number of hydrogen-bond acceptors (Lipinski definition) is 7. The average Bonchev–Trinajstić information content (AvgIpc) is 2.68. The Kier molecular flexibility index (Phi) is 8.67. The molecule has 10 heteroatoms. The van der Waals surface area contributed by atoms with Crippen molar-refractivity contribution >= 4 is 18.1 Å². The zero-order valence-corrected chi connectivity index (χ0v) is 20.7. The molecule has 2 aromatic rings. The van der Waals surface area contributed by atoms with Crippen molar-refractivity contribution in [2.75, 3.05) is 18.8 Å². The number of alkyl carbamates (subject to hydrolysis) is 1. The van der Waals surface area contributed by atoms with E-state index in [4.69, 9.17) is 15.2 Å². The summed E-state index contributed by atoms with van der Waals surface area (Å²) < 4.78 is 10.8. The Bertz CT molecular complexity index is 1040. The second-order valence-electron chi connectivity index (χ2n) is 9.89. The van der Waals surface area contributed by atoms with Crippen LogP contribution < -0.4 is 16.6 Å². The Balaban J connectivity index is 2.05. The molecule has 1 heterocycles. The number of anilines is 1. The van der Waals surface area contributed by atoms with Crippen molar-refractivity contribution in [2.24, 2.45) is 0 Å². The van der Waals surface area contributed by atoms with Gasteiger partial charge < -0.3 is 30.4 Å². The summed E-state index contributed by atoms with van der Waals surface area (Å²) in [5.41, 5.74) is 5.81. The largest absolute Gasteiger partial charge is 0.444 e. The summed E-state index contributed by atoms with van der Waals surface area (Å²) in [6.07, 6.45) is 1.08. The maximum atomic E-state index is 12.8. The standard InChI is InChI=1S/C24H35N5O5/c1-23(2,3)33-21(31)26-12-7-13-29(22(32)34-24(4,5)6)15-16-8-10-17(11-9-16)18-14-27-20(25)28-19(18)30/h8-11,14H,7,12-13,15H2,1-6H3,(H,26,31)(H3,25,27,28,30). The number of nitrogens with one attached hydrogen (secondary N) is 2. The summed E-state index contributed by atoms with van der Waals surface area (Å²) in [5.74, 6) is 0.0551. The number of nitrogen functional groups attached to an aromatic ring is 1. The van der Waals surface area contributed by atoms with E-state index in [2.05, 4.69) is 15.3 Å². The number of benzene rings is 1. The first kappa shape index (κ1) is 26.7. The summed E-state index contributed by atoms with van der Waals surface area (Å²) >= 11 is 0. The quantitative estimate of drug-likeness (QED) is 0.521. The average molecular weight is 474 g/mol. The third kappa shape index (κ3) is 9.13. The van der Waals surface area contributed by atoms with Gasteiger partial charge in [0, 0.05) is 25.8 Å². The van der Waals surface area contributed by atoms with Crippen LogP contribution in [0.25, 0.3) is 11.1 Å². The van der Waals surface area contributed by atoms with Gasteiger partial charge in [-0.25, -0.2) is 9.59 Å². The van der Waals surface area contributed by atoms with Crippen LogP contribution in [0.2, 0.25) is 0 Å². The van der Waals surface area contributed by atoms with Crippen molar-refractivity contribution in [3.8, 4) is 11.1 Å². The third-order valence-corrected chi connectivity index (χ3v) is 4.38. The Hall–Kier alpha value is -3.56. The Morgan fingerprint density at radius 2 is 1.68 bits per heavy atom. The number of nitrogens with two attached hydrogens (primary N) is 1. The molecule has 0 atom stereocenters. The summed E-state index contributed by atoms with van der Waals surface area (Å²) in [7, 11) is 0. The molecule has 0 bridgehead atoms. The van der Waals surface area contributed by atoms with Gasteiger partial charge in [-0.05, 0) is 59.1 Å². The van der Waals surface area contributed by atoms with E-state index in [-0.39, 0.29) is 5.95 Å². The van der Waals surface area contributed by atoms with Crippen molar-refractivity contribution in [2.45, 2.75) is 65.7 Å². The molecule has 0 saturated carbocycles. The topological polar surface area (TPSA) is 140 Å². The second kappa shape index (κ2) is 11.0. The summed E-state index contributed by atoms with van der Waals surface area (Å²) in [6, 6.07) is 7.24. The lowest BCUT2D eigenvalue weighted by Gasteiger charge is -2.27. The van der Waals surface area contributed by atoms with Crippen LogP contribution >= 0.6 is 0 Å². The predicted molar refractivity (Wildman–Crippen MR) is 130 cm³/mol. The van der Waals surface area contributed by atoms with Gasteiger partial charge in [-0.2, -0.15) is 4.98 Å². The summed E-state index contributed by atoms with van der Waals surface area (Å²) in [6.45, 7) is 11.8. The fourth-order valence-corrected chi connectivity index (χ4v) is 2.96. The van der Waals surface area contributed by atoms with Gasteiger partial charge in [0.25, 0.3) is 5.56 Å². The molecule has 0 spiro atoms. The van der Waals surface area contributed by atoms with Crippen LogP contribution in [0, 0.1) is 0 Å². The van der Waals surface area contributed by atoms with Crippen LogP contribution in [0.4, 0.5) is 15.5 Å². The van der Waals surface area contributed by atoms with Crippen molar-refractivity contribution in [3.63, 3.8) is 0 Å². The molecule has 2 rings (SSSR count). The van der Waals surface area contributed by atoms with Crippen LogP contribution in [-0.2, 0) is 16.0 Å². The molecule has 1 aromatic heterocycles. The number of aromatic amines is 1. The molecule has 0 saturated heterocycles. The number of ether oxygens (including phenoxy) is 2. The number of carbonyl (C=O) groups excluding carboxylic acids is 2. The Morgan fingerprint density at radius 1 is 1.06 bits per heavy atom. The van der Waals surface area contributed by atoms with Crippen molar-refractivity contribution in [1.82, 2.24) is 20.2 Å². The Morgan fingerprint density at radius 3 is 2.24 bits per heavy atom. The molecule has 10 nitrogen and oxygen atoms in total. The van der Waals surface area contributed by atoms with Gasteiger partial charge >= 0.3 is 12.2 Å². The summed E-state index contributed by atoms with van der Waals surface area (Å²) in [4.78, 5) is 44.7. The van der Waals surface area contributed by atoms with E-state index in [1.54, 1.807) is 58.6 Å². The lowest BCUT2D eigenvalue weighted by molar-refractivity contribution is 0.0231.